The van der Waals surface area contributed by atoms with Gasteiger partial charge < -0.3 is 10.8 Å². The molecule has 1 atom stereocenters. The summed E-state index contributed by atoms with van der Waals surface area (Å²) in [6.45, 7) is 0. The first-order chi connectivity index (χ1) is 7.02. The smallest absolute Gasteiger partial charge is 0.303 e. The molecule has 6 heteroatoms. The van der Waals surface area contributed by atoms with Crippen LogP contribution in [0, 0.1) is 0 Å². The molecule has 0 radical (unpaired) electrons. The number of carboxylic acids is 1. The minimum atomic E-state index is -0.897. The van der Waals surface area contributed by atoms with Gasteiger partial charge in [0.2, 0.25) is 0 Å². The maximum Gasteiger partial charge on any atom is 0.303 e. The summed E-state index contributed by atoms with van der Waals surface area (Å²) in [6, 6.07) is -0.482. The second kappa shape index (κ2) is 5.30. The Morgan fingerprint density at radius 1 is 1.47 bits per heavy atom. The van der Waals surface area contributed by atoms with Crippen molar-refractivity contribution in [2.75, 3.05) is 0 Å². The Balaban J connectivity index is 2.81. The van der Waals surface area contributed by atoms with Crippen molar-refractivity contribution >= 4 is 29.2 Å². The highest BCUT2D eigenvalue weighted by Crippen LogP contribution is 2.30. The minimum Gasteiger partial charge on any atom is -0.481 e. The number of carboxylic acid groups (broad SMARTS) is 1. The topological polar surface area (TPSA) is 76.2 Å². The standard InChI is InChI=1S/C9H10Cl2N2O2/c10-5-3-13-4-6(11)9(5)7(12)1-2-8(14)15/h3-4,7H,1-2,12H2,(H,14,15). The number of nitrogens with two attached hydrogens (primary N) is 1. The molecule has 82 valence electrons. The summed E-state index contributed by atoms with van der Waals surface area (Å²) in [5.41, 5.74) is 6.34. The quantitative estimate of drug-likeness (QED) is 0.857. The fourth-order valence-corrected chi connectivity index (χ4v) is 1.84. The molecule has 1 rings (SSSR count). The number of nitrogens with zero attached hydrogens (tertiary/aromatic N) is 1. The van der Waals surface area contributed by atoms with E-state index in [1.165, 1.54) is 12.4 Å². The van der Waals surface area contributed by atoms with E-state index >= 15 is 0 Å². The van der Waals surface area contributed by atoms with Gasteiger partial charge in [0.15, 0.2) is 0 Å². The van der Waals surface area contributed by atoms with Crippen molar-refractivity contribution in [1.29, 1.82) is 0 Å². The zero-order valence-electron chi connectivity index (χ0n) is 7.78. The number of rotatable bonds is 4. The summed E-state index contributed by atoms with van der Waals surface area (Å²) in [6.07, 6.45) is 3.14. The Hall–Kier alpha value is -0.840. The van der Waals surface area contributed by atoms with Crippen molar-refractivity contribution in [3.8, 4) is 0 Å². The van der Waals surface area contributed by atoms with Gasteiger partial charge in [0, 0.05) is 30.4 Å². The van der Waals surface area contributed by atoms with E-state index in [4.69, 9.17) is 34.0 Å². The van der Waals surface area contributed by atoms with Crippen LogP contribution in [-0.4, -0.2) is 16.1 Å². The normalized spacial score (nSPS) is 12.5. The summed E-state index contributed by atoms with van der Waals surface area (Å²) in [5.74, 6) is -0.897. The summed E-state index contributed by atoms with van der Waals surface area (Å²) in [4.78, 5) is 14.2. The van der Waals surface area contributed by atoms with E-state index in [1.54, 1.807) is 0 Å². The monoisotopic (exact) mass is 248 g/mol. The third-order valence-corrected chi connectivity index (χ3v) is 2.53. The van der Waals surface area contributed by atoms with Gasteiger partial charge in [0.1, 0.15) is 0 Å². The second-order valence-electron chi connectivity index (χ2n) is 3.06. The van der Waals surface area contributed by atoms with Crippen LogP contribution in [0.5, 0.6) is 0 Å². The lowest BCUT2D eigenvalue weighted by molar-refractivity contribution is -0.137. The lowest BCUT2D eigenvalue weighted by atomic mass is 10.0. The fourth-order valence-electron chi connectivity index (χ4n) is 1.20. The second-order valence-corrected chi connectivity index (χ2v) is 3.87. The van der Waals surface area contributed by atoms with Crippen molar-refractivity contribution in [1.82, 2.24) is 4.98 Å². The van der Waals surface area contributed by atoms with Gasteiger partial charge in [-0.25, -0.2) is 0 Å². The van der Waals surface area contributed by atoms with E-state index in [0.717, 1.165) is 0 Å². The third kappa shape index (κ3) is 3.34. The predicted octanol–water partition coefficient (Wildman–Crippen LogP) is 2.25. The first kappa shape index (κ1) is 12.2. The Labute approximate surface area is 97.0 Å². The van der Waals surface area contributed by atoms with Crippen molar-refractivity contribution in [2.24, 2.45) is 5.73 Å². The molecule has 0 amide bonds. The zero-order valence-corrected chi connectivity index (χ0v) is 9.29. The van der Waals surface area contributed by atoms with Crippen LogP contribution in [0.25, 0.3) is 0 Å². The van der Waals surface area contributed by atoms with Crippen LogP contribution in [0.1, 0.15) is 24.4 Å². The molecule has 0 aliphatic carbocycles. The maximum absolute atomic E-state index is 10.4. The lowest BCUT2D eigenvalue weighted by Gasteiger charge is -2.13. The molecule has 0 saturated heterocycles. The fraction of sp³-hybridized carbons (Fsp3) is 0.333. The molecule has 0 aromatic carbocycles. The third-order valence-electron chi connectivity index (χ3n) is 1.93. The Kier molecular flexibility index (Phi) is 4.32. The number of aromatic nitrogens is 1. The number of hydrogen-bond acceptors (Lipinski definition) is 3. The molecule has 3 N–H and O–H groups in total. The predicted molar refractivity (Wildman–Crippen MR) is 58.1 cm³/mol. The van der Waals surface area contributed by atoms with Crippen LogP contribution in [0.2, 0.25) is 10.0 Å². The van der Waals surface area contributed by atoms with E-state index in [2.05, 4.69) is 4.98 Å². The summed E-state index contributed by atoms with van der Waals surface area (Å²) < 4.78 is 0. The molecule has 0 fully saturated rings. The molecule has 15 heavy (non-hydrogen) atoms. The molecular weight excluding hydrogens is 239 g/mol. The van der Waals surface area contributed by atoms with E-state index in [-0.39, 0.29) is 6.42 Å². The van der Waals surface area contributed by atoms with Crippen molar-refractivity contribution in [3.63, 3.8) is 0 Å². The van der Waals surface area contributed by atoms with Gasteiger partial charge >= 0.3 is 5.97 Å². The molecule has 1 unspecified atom stereocenters. The van der Waals surface area contributed by atoms with Crippen molar-refractivity contribution in [2.45, 2.75) is 18.9 Å². The van der Waals surface area contributed by atoms with Gasteiger partial charge in [-0.15, -0.1) is 0 Å². The molecule has 0 bridgehead atoms. The highest BCUT2D eigenvalue weighted by atomic mass is 35.5. The summed E-state index contributed by atoms with van der Waals surface area (Å²) in [5, 5.41) is 9.24. The average Bonchev–Trinajstić information content (AvgIpc) is 2.14. The summed E-state index contributed by atoms with van der Waals surface area (Å²) in [7, 11) is 0. The maximum atomic E-state index is 10.4. The molecule has 1 aromatic rings. The van der Waals surface area contributed by atoms with E-state index in [1.807, 2.05) is 0 Å². The SMILES string of the molecule is NC(CCC(=O)O)c1c(Cl)cncc1Cl. The van der Waals surface area contributed by atoms with Crippen LogP contribution in [0.3, 0.4) is 0 Å². The van der Waals surface area contributed by atoms with Gasteiger partial charge in [0.25, 0.3) is 0 Å². The summed E-state index contributed by atoms with van der Waals surface area (Å²) >= 11 is 11.7. The minimum absolute atomic E-state index is 0.0177. The Morgan fingerprint density at radius 2 is 2.00 bits per heavy atom. The lowest BCUT2D eigenvalue weighted by Crippen LogP contribution is -2.13. The zero-order chi connectivity index (χ0) is 11.4. The molecule has 0 saturated carbocycles. The van der Waals surface area contributed by atoms with Crippen LogP contribution in [0.15, 0.2) is 12.4 Å². The van der Waals surface area contributed by atoms with Crippen LogP contribution in [0.4, 0.5) is 0 Å². The highest BCUT2D eigenvalue weighted by Gasteiger charge is 2.15. The van der Waals surface area contributed by atoms with Gasteiger partial charge in [-0.3, -0.25) is 9.78 Å². The van der Waals surface area contributed by atoms with Crippen LogP contribution in [-0.2, 0) is 4.79 Å². The van der Waals surface area contributed by atoms with Crippen molar-refractivity contribution in [3.05, 3.63) is 28.0 Å². The number of aliphatic carboxylic acids is 1. The molecule has 1 heterocycles. The molecule has 1 aromatic heterocycles. The molecule has 4 nitrogen and oxygen atoms in total. The highest BCUT2D eigenvalue weighted by molar-refractivity contribution is 6.35. The molecule has 0 spiro atoms. The Morgan fingerprint density at radius 3 is 2.47 bits per heavy atom. The number of halogens is 2. The molecular formula is C9H10Cl2N2O2. The van der Waals surface area contributed by atoms with Crippen LogP contribution < -0.4 is 5.73 Å². The number of pyridine rings is 1. The molecule has 0 aliphatic heterocycles. The van der Waals surface area contributed by atoms with Gasteiger partial charge in [0.05, 0.1) is 10.0 Å². The number of carbonyl (C=O) groups is 1. The van der Waals surface area contributed by atoms with Crippen molar-refractivity contribution < 1.29 is 9.90 Å². The van der Waals surface area contributed by atoms with E-state index < -0.39 is 12.0 Å². The largest absolute Gasteiger partial charge is 0.481 e. The van der Waals surface area contributed by atoms with E-state index in [9.17, 15) is 4.79 Å². The van der Waals surface area contributed by atoms with Gasteiger partial charge in [-0.1, -0.05) is 23.2 Å². The Bertz CT molecular complexity index is 351. The first-order valence-electron chi connectivity index (χ1n) is 4.28. The van der Waals surface area contributed by atoms with E-state index in [0.29, 0.717) is 22.0 Å². The van der Waals surface area contributed by atoms with Gasteiger partial charge in [-0.2, -0.15) is 0 Å². The van der Waals surface area contributed by atoms with Gasteiger partial charge in [-0.05, 0) is 6.42 Å². The van der Waals surface area contributed by atoms with Crippen LogP contribution >= 0.6 is 23.2 Å². The molecule has 0 aliphatic rings. The number of hydrogen-bond donors (Lipinski definition) is 2. The average molecular weight is 249 g/mol. The first-order valence-corrected chi connectivity index (χ1v) is 5.04.